The Hall–Kier alpha value is -1.55. The van der Waals surface area contributed by atoms with E-state index in [1.807, 2.05) is 18.3 Å². The van der Waals surface area contributed by atoms with Crippen molar-refractivity contribution in [2.24, 2.45) is 0 Å². The second-order valence-electron chi connectivity index (χ2n) is 2.80. The van der Waals surface area contributed by atoms with E-state index < -0.39 is 0 Å². The smallest absolute Gasteiger partial charge is 0.152 e. The van der Waals surface area contributed by atoms with Crippen molar-refractivity contribution in [3.05, 3.63) is 41.4 Å². The molecule has 0 aliphatic rings. The van der Waals surface area contributed by atoms with Crippen LogP contribution in [0.3, 0.4) is 0 Å². The van der Waals surface area contributed by atoms with Crippen LogP contribution in [0.25, 0.3) is 0 Å². The molecule has 0 aliphatic heterocycles. The second kappa shape index (κ2) is 4.11. The van der Waals surface area contributed by atoms with Crippen LogP contribution in [0.1, 0.15) is 5.56 Å². The topological polar surface area (TPSA) is 53.6 Å². The van der Waals surface area contributed by atoms with E-state index in [1.165, 1.54) is 0 Å². The van der Waals surface area contributed by atoms with E-state index in [9.17, 15) is 0 Å². The lowest BCUT2D eigenvalue weighted by molar-refractivity contribution is 1.09. The number of H-pyrrole nitrogens is 1. The van der Waals surface area contributed by atoms with Crippen LogP contribution in [0, 0.1) is 0 Å². The van der Waals surface area contributed by atoms with Gasteiger partial charge in [0.1, 0.15) is 0 Å². The molecule has 14 heavy (non-hydrogen) atoms. The van der Waals surface area contributed by atoms with E-state index in [2.05, 4.69) is 20.5 Å². The first-order chi connectivity index (χ1) is 6.86. The standard InChI is InChI=1S/C9H9ClN4/c10-9-8(2-1-3-11-9)12-4-7-5-13-14-6-7/h1-3,5-6,12H,4H2,(H,13,14). The molecule has 5 heteroatoms. The lowest BCUT2D eigenvalue weighted by atomic mass is 10.3. The summed E-state index contributed by atoms with van der Waals surface area (Å²) in [6.07, 6.45) is 5.25. The molecule has 0 radical (unpaired) electrons. The maximum Gasteiger partial charge on any atom is 0.152 e. The van der Waals surface area contributed by atoms with Crippen molar-refractivity contribution < 1.29 is 0 Å². The molecule has 0 saturated heterocycles. The van der Waals surface area contributed by atoms with Crippen LogP contribution in [0.5, 0.6) is 0 Å². The lowest BCUT2D eigenvalue weighted by Crippen LogP contribution is -1.99. The molecule has 2 aromatic heterocycles. The summed E-state index contributed by atoms with van der Waals surface area (Å²) in [6.45, 7) is 0.682. The van der Waals surface area contributed by atoms with Gasteiger partial charge in [-0.2, -0.15) is 5.10 Å². The van der Waals surface area contributed by atoms with Gasteiger partial charge in [0.2, 0.25) is 0 Å². The van der Waals surface area contributed by atoms with Crippen molar-refractivity contribution >= 4 is 17.3 Å². The number of nitrogens with zero attached hydrogens (tertiary/aromatic N) is 2. The van der Waals surface area contributed by atoms with Gasteiger partial charge in [0.15, 0.2) is 5.15 Å². The van der Waals surface area contributed by atoms with Gasteiger partial charge in [0, 0.05) is 24.5 Å². The molecule has 0 spiro atoms. The van der Waals surface area contributed by atoms with Crippen LogP contribution < -0.4 is 5.32 Å². The van der Waals surface area contributed by atoms with Crippen LogP contribution in [0.2, 0.25) is 5.15 Å². The van der Waals surface area contributed by atoms with E-state index in [-0.39, 0.29) is 0 Å². The Morgan fingerprint density at radius 2 is 2.43 bits per heavy atom. The van der Waals surface area contributed by atoms with Crippen molar-refractivity contribution in [3.63, 3.8) is 0 Å². The first kappa shape index (κ1) is 9.02. The Morgan fingerprint density at radius 3 is 3.14 bits per heavy atom. The summed E-state index contributed by atoms with van der Waals surface area (Å²) in [4.78, 5) is 3.96. The van der Waals surface area contributed by atoms with E-state index in [4.69, 9.17) is 11.6 Å². The molecule has 4 nitrogen and oxygen atoms in total. The maximum absolute atomic E-state index is 5.87. The number of rotatable bonds is 3. The molecule has 0 unspecified atom stereocenters. The fourth-order valence-corrected chi connectivity index (χ4v) is 1.28. The fourth-order valence-electron chi connectivity index (χ4n) is 1.09. The van der Waals surface area contributed by atoms with Crippen molar-refractivity contribution in [1.29, 1.82) is 0 Å². The molecule has 0 aliphatic carbocycles. The Bertz CT molecular complexity index is 399. The number of anilines is 1. The number of nitrogens with one attached hydrogen (secondary N) is 2. The molecule has 0 bridgehead atoms. The first-order valence-electron chi connectivity index (χ1n) is 4.18. The number of halogens is 1. The predicted octanol–water partition coefficient (Wildman–Crippen LogP) is 2.07. The van der Waals surface area contributed by atoms with Crippen molar-refractivity contribution in [3.8, 4) is 0 Å². The third kappa shape index (κ3) is 2.03. The molecule has 2 rings (SSSR count). The van der Waals surface area contributed by atoms with E-state index in [1.54, 1.807) is 12.4 Å². The molecule has 0 saturated carbocycles. The minimum Gasteiger partial charge on any atom is -0.378 e. The van der Waals surface area contributed by atoms with E-state index in [0.717, 1.165) is 11.3 Å². The van der Waals surface area contributed by atoms with Gasteiger partial charge in [-0.15, -0.1) is 0 Å². The Labute approximate surface area is 86.3 Å². The van der Waals surface area contributed by atoms with E-state index >= 15 is 0 Å². The number of aromatic amines is 1. The van der Waals surface area contributed by atoms with Gasteiger partial charge >= 0.3 is 0 Å². The summed E-state index contributed by atoms with van der Waals surface area (Å²) in [5.41, 5.74) is 1.90. The van der Waals surface area contributed by atoms with E-state index in [0.29, 0.717) is 11.7 Å². The summed E-state index contributed by atoms with van der Waals surface area (Å²) in [6, 6.07) is 3.72. The van der Waals surface area contributed by atoms with Crippen molar-refractivity contribution in [2.45, 2.75) is 6.54 Å². The zero-order chi connectivity index (χ0) is 9.80. The summed E-state index contributed by atoms with van der Waals surface area (Å²) < 4.78 is 0. The van der Waals surface area contributed by atoms with Gasteiger partial charge in [-0.3, -0.25) is 5.10 Å². The van der Waals surface area contributed by atoms with Gasteiger partial charge < -0.3 is 5.32 Å². The second-order valence-corrected chi connectivity index (χ2v) is 3.16. The van der Waals surface area contributed by atoms with Gasteiger partial charge in [-0.05, 0) is 12.1 Å². The largest absolute Gasteiger partial charge is 0.378 e. The molecule has 0 amide bonds. The molecular weight excluding hydrogens is 200 g/mol. The SMILES string of the molecule is Clc1ncccc1NCc1cn[nH]c1. The highest BCUT2D eigenvalue weighted by Gasteiger charge is 1.99. The van der Waals surface area contributed by atoms with Crippen LogP contribution in [-0.2, 0) is 6.54 Å². The molecule has 0 fully saturated rings. The first-order valence-corrected chi connectivity index (χ1v) is 4.56. The molecule has 2 aromatic rings. The average molecular weight is 209 g/mol. The Balaban J connectivity index is 2.02. The van der Waals surface area contributed by atoms with Crippen molar-refractivity contribution in [1.82, 2.24) is 15.2 Å². The van der Waals surface area contributed by atoms with Gasteiger partial charge in [-0.25, -0.2) is 4.98 Å². The molecular formula is C9H9ClN4. The number of hydrogen-bond donors (Lipinski definition) is 2. The number of hydrogen-bond acceptors (Lipinski definition) is 3. The predicted molar refractivity (Wildman–Crippen MR) is 55.2 cm³/mol. The molecule has 0 aromatic carbocycles. The Morgan fingerprint density at radius 1 is 1.50 bits per heavy atom. The number of aromatic nitrogens is 3. The van der Waals surface area contributed by atoms with Crippen molar-refractivity contribution in [2.75, 3.05) is 5.32 Å². The minimum atomic E-state index is 0.482. The highest BCUT2D eigenvalue weighted by Crippen LogP contribution is 2.17. The quantitative estimate of drug-likeness (QED) is 0.760. The molecule has 2 N–H and O–H groups in total. The Kier molecular flexibility index (Phi) is 2.65. The molecule has 0 atom stereocenters. The highest BCUT2D eigenvalue weighted by atomic mass is 35.5. The summed E-state index contributed by atoms with van der Waals surface area (Å²) in [5.74, 6) is 0. The van der Waals surface area contributed by atoms with Gasteiger partial charge in [-0.1, -0.05) is 11.6 Å². The summed E-state index contributed by atoms with van der Waals surface area (Å²) in [7, 11) is 0. The van der Waals surface area contributed by atoms with Gasteiger partial charge in [0.05, 0.1) is 11.9 Å². The fraction of sp³-hybridized carbons (Fsp3) is 0.111. The highest BCUT2D eigenvalue weighted by molar-refractivity contribution is 6.31. The number of pyridine rings is 1. The zero-order valence-electron chi connectivity index (χ0n) is 7.37. The molecule has 2 heterocycles. The third-order valence-electron chi connectivity index (χ3n) is 1.80. The van der Waals surface area contributed by atoms with Crippen LogP contribution in [0.15, 0.2) is 30.7 Å². The van der Waals surface area contributed by atoms with Crippen LogP contribution >= 0.6 is 11.6 Å². The lowest BCUT2D eigenvalue weighted by Gasteiger charge is -2.04. The van der Waals surface area contributed by atoms with Crippen LogP contribution in [-0.4, -0.2) is 15.2 Å². The van der Waals surface area contributed by atoms with Crippen LogP contribution in [0.4, 0.5) is 5.69 Å². The van der Waals surface area contributed by atoms with Gasteiger partial charge in [0.25, 0.3) is 0 Å². The normalized spacial score (nSPS) is 10.1. The maximum atomic E-state index is 5.87. The zero-order valence-corrected chi connectivity index (χ0v) is 8.12. The monoisotopic (exact) mass is 208 g/mol. The summed E-state index contributed by atoms with van der Waals surface area (Å²) >= 11 is 5.87. The summed E-state index contributed by atoms with van der Waals surface area (Å²) in [5, 5.41) is 10.2. The average Bonchev–Trinajstić information content (AvgIpc) is 2.69. The molecule has 72 valence electrons. The third-order valence-corrected chi connectivity index (χ3v) is 2.10. The minimum absolute atomic E-state index is 0.482.